The van der Waals surface area contributed by atoms with Crippen molar-refractivity contribution in [1.29, 1.82) is 0 Å². The van der Waals surface area contributed by atoms with Crippen molar-refractivity contribution >= 4 is 39.7 Å². The van der Waals surface area contributed by atoms with Crippen LogP contribution in [-0.2, 0) is 14.4 Å². The van der Waals surface area contributed by atoms with Gasteiger partial charge in [0.05, 0.1) is 4.83 Å². The van der Waals surface area contributed by atoms with Gasteiger partial charge in [-0.2, -0.15) is 0 Å². The zero-order chi connectivity index (χ0) is 16.3. The van der Waals surface area contributed by atoms with Gasteiger partial charge in [-0.25, -0.2) is 9.69 Å². The molecular weight excluding hydrogens is 342 g/mol. The van der Waals surface area contributed by atoms with Crippen molar-refractivity contribution in [3.63, 3.8) is 0 Å². The van der Waals surface area contributed by atoms with E-state index in [0.717, 1.165) is 9.80 Å². The SMILES string of the molecule is CC(Br)C(=O)N1C(=O)N(C)[C@H]2C(=O)N(C(C)(C)C)C(=O)[C@H]21. The lowest BCUT2D eigenvalue weighted by molar-refractivity contribution is -0.147. The van der Waals surface area contributed by atoms with Crippen LogP contribution in [0.4, 0.5) is 4.79 Å². The van der Waals surface area contributed by atoms with Crippen molar-refractivity contribution in [2.75, 3.05) is 7.05 Å². The highest BCUT2D eigenvalue weighted by atomic mass is 79.9. The topological polar surface area (TPSA) is 78.0 Å². The molecule has 116 valence electrons. The lowest BCUT2D eigenvalue weighted by atomic mass is 10.1. The summed E-state index contributed by atoms with van der Waals surface area (Å²) in [6.07, 6.45) is 0. The average Bonchev–Trinajstić information content (AvgIpc) is 2.73. The van der Waals surface area contributed by atoms with E-state index in [-0.39, 0.29) is 0 Å². The molecular formula is C13H18BrN3O4. The molecule has 0 aromatic heterocycles. The molecule has 0 aliphatic carbocycles. The number of carbonyl (C=O) groups excluding carboxylic acids is 4. The number of rotatable bonds is 1. The molecule has 2 aliphatic heterocycles. The minimum Gasteiger partial charge on any atom is -0.313 e. The van der Waals surface area contributed by atoms with Crippen LogP contribution >= 0.6 is 15.9 Å². The van der Waals surface area contributed by atoms with E-state index < -0.39 is 46.2 Å². The molecule has 0 aromatic rings. The van der Waals surface area contributed by atoms with Crippen LogP contribution in [0.5, 0.6) is 0 Å². The number of nitrogens with zero attached hydrogens (tertiary/aromatic N) is 3. The van der Waals surface area contributed by atoms with Crippen molar-refractivity contribution < 1.29 is 19.2 Å². The Morgan fingerprint density at radius 1 is 1.14 bits per heavy atom. The Kier molecular flexibility index (Phi) is 3.64. The summed E-state index contributed by atoms with van der Waals surface area (Å²) in [4.78, 5) is 52.1. The minimum absolute atomic E-state index is 0.439. The van der Waals surface area contributed by atoms with Crippen molar-refractivity contribution in [2.24, 2.45) is 0 Å². The Labute approximate surface area is 131 Å². The number of imide groups is 2. The molecule has 1 unspecified atom stereocenters. The number of carbonyl (C=O) groups is 4. The normalized spacial score (nSPS) is 27.5. The highest BCUT2D eigenvalue weighted by molar-refractivity contribution is 9.10. The van der Waals surface area contributed by atoms with Gasteiger partial charge in [0.15, 0.2) is 6.04 Å². The van der Waals surface area contributed by atoms with Gasteiger partial charge >= 0.3 is 6.03 Å². The second kappa shape index (κ2) is 4.79. The maximum Gasteiger partial charge on any atom is 0.328 e. The first kappa shape index (κ1) is 15.9. The first-order valence-electron chi connectivity index (χ1n) is 6.62. The van der Waals surface area contributed by atoms with Crippen LogP contribution in [0.25, 0.3) is 0 Å². The van der Waals surface area contributed by atoms with E-state index >= 15 is 0 Å². The number of halogens is 1. The molecule has 0 bridgehead atoms. The van der Waals surface area contributed by atoms with Crippen LogP contribution in [0.1, 0.15) is 27.7 Å². The maximum atomic E-state index is 12.6. The van der Waals surface area contributed by atoms with Crippen LogP contribution in [-0.4, -0.2) is 67.9 Å². The standard InChI is InChI=1S/C13H18BrN3O4/c1-6(14)9(18)16-8-7(15(5)12(16)21)10(19)17(11(8)20)13(2,3)4/h6-8H,1-5H3/t6?,7-,8+/m1/s1. The molecule has 0 N–H and O–H groups in total. The quantitative estimate of drug-likeness (QED) is 0.506. The van der Waals surface area contributed by atoms with E-state index in [1.54, 1.807) is 27.7 Å². The van der Waals surface area contributed by atoms with Crippen molar-refractivity contribution in [1.82, 2.24) is 14.7 Å². The summed E-state index contributed by atoms with van der Waals surface area (Å²) < 4.78 is 0. The molecule has 0 radical (unpaired) electrons. The highest BCUT2D eigenvalue weighted by Crippen LogP contribution is 2.35. The van der Waals surface area contributed by atoms with Crippen molar-refractivity contribution in [3.8, 4) is 0 Å². The first-order valence-corrected chi connectivity index (χ1v) is 7.53. The van der Waals surface area contributed by atoms with Gasteiger partial charge in [-0.3, -0.25) is 19.3 Å². The fourth-order valence-electron chi connectivity index (χ4n) is 2.76. The Balaban J connectivity index is 2.48. The third-order valence-electron chi connectivity index (χ3n) is 3.70. The number of likely N-dealkylation sites (tertiary alicyclic amines) is 1. The van der Waals surface area contributed by atoms with Crippen LogP contribution in [0.2, 0.25) is 0 Å². The van der Waals surface area contributed by atoms with Gasteiger partial charge in [0.1, 0.15) is 6.04 Å². The van der Waals surface area contributed by atoms with E-state index in [1.807, 2.05) is 0 Å². The van der Waals surface area contributed by atoms with Crippen molar-refractivity contribution in [2.45, 2.75) is 50.1 Å². The molecule has 8 heteroatoms. The van der Waals surface area contributed by atoms with E-state index in [0.29, 0.717) is 0 Å². The van der Waals surface area contributed by atoms with E-state index in [9.17, 15) is 19.2 Å². The largest absolute Gasteiger partial charge is 0.328 e. The van der Waals surface area contributed by atoms with Crippen LogP contribution in [0.15, 0.2) is 0 Å². The molecule has 0 saturated carbocycles. The third kappa shape index (κ3) is 2.16. The smallest absolute Gasteiger partial charge is 0.313 e. The molecule has 2 aliphatic rings. The molecule has 0 spiro atoms. The van der Waals surface area contributed by atoms with Crippen LogP contribution < -0.4 is 0 Å². The predicted octanol–water partition coefficient (Wildman–Crippen LogP) is 0.568. The summed E-state index contributed by atoms with van der Waals surface area (Å²) in [6, 6.07) is -2.61. The van der Waals surface area contributed by atoms with Gasteiger partial charge in [0, 0.05) is 12.6 Å². The number of fused-ring (bicyclic) bond motifs is 1. The Hall–Kier alpha value is -1.44. The Bertz CT molecular complexity index is 540. The van der Waals surface area contributed by atoms with E-state index in [2.05, 4.69) is 15.9 Å². The summed E-state index contributed by atoms with van der Waals surface area (Å²) in [7, 11) is 1.43. The Morgan fingerprint density at radius 2 is 1.62 bits per heavy atom. The van der Waals surface area contributed by atoms with E-state index in [1.165, 1.54) is 11.9 Å². The predicted molar refractivity (Wildman–Crippen MR) is 77.6 cm³/mol. The molecule has 3 atom stereocenters. The molecule has 2 saturated heterocycles. The van der Waals surface area contributed by atoms with Gasteiger partial charge in [0.2, 0.25) is 5.91 Å². The molecule has 21 heavy (non-hydrogen) atoms. The molecule has 0 aromatic carbocycles. The summed E-state index contributed by atoms with van der Waals surface area (Å²) in [6.45, 7) is 6.80. The molecule has 2 fully saturated rings. The van der Waals surface area contributed by atoms with E-state index in [4.69, 9.17) is 0 Å². The van der Waals surface area contributed by atoms with Crippen LogP contribution in [0, 0.1) is 0 Å². The first-order chi connectivity index (χ1) is 9.50. The zero-order valence-corrected chi connectivity index (χ0v) is 14.2. The lowest BCUT2D eigenvalue weighted by Gasteiger charge is -2.32. The lowest BCUT2D eigenvalue weighted by Crippen LogP contribution is -2.52. The summed E-state index contributed by atoms with van der Waals surface area (Å²) in [5, 5.41) is 0. The monoisotopic (exact) mass is 359 g/mol. The maximum absolute atomic E-state index is 12.6. The molecule has 2 rings (SSSR count). The summed E-state index contributed by atoms with van der Waals surface area (Å²) in [5.41, 5.74) is -0.697. The van der Waals surface area contributed by atoms with Gasteiger partial charge in [-0.15, -0.1) is 0 Å². The number of hydrogen-bond donors (Lipinski definition) is 0. The van der Waals surface area contributed by atoms with Gasteiger partial charge < -0.3 is 4.90 Å². The van der Waals surface area contributed by atoms with Gasteiger partial charge in [-0.1, -0.05) is 15.9 Å². The van der Waals surface area contributed by atoms with Gasteiger partial charge in [-0.05, 0) is 27.7 Å². The fourth-order valence-corrected chi connectivity index (χ4v) is 2.99. The second-order valence-corrected chi connectivity index (χ2v) is 7.66. The average molecular weight is 360 g/mol. The highest BCUT2D eigenvalue weighted by Gasteiger charge is 2.63. The molecule has 5 amide bonds. The van der Waals surface area contributed by atoms with Crippen LogP contribution in [0.3, 0.4) is 0 Å². The number of amides is 5. The second-order valence-electron chi connectivity index (χ2n) is 6.29. The Morgan fingerprint density at radius 3 is 2.05 bits per heavy atom. The summed E-state index contributed by atoms with van der Waals surface area (Å²) in [5.74, 6) is -1.46. The third-order valence-corrected chi connectivity index (χ3v) is 4.09. The minimum atomic E-state index is -1.07. The fraction of sp³-hybridized carbons (Fsp3) is 0.692. The number of urea groups is 1. The number of hydrogen-bond acceptors (Lipinski definition) is 4. The van der Waals surface area contributed by atoms with Crippen molar-refractivity contribution in [3.05, 3.63) is 0 Å². The number of alkyl halides is 1. The van der Waals surface area contributed by atoms with Gasteiger partial charge in [0.25, 0.3) is 11.8 Å². The number of likely N-dealkylation sites (N-methyl/N-ethyl adjacent to an activating group) is 1. The summed E-state index contributed by atoms with van der Waals surface area (Å²) >= 11 is 3.11. The zero-order valence-electron chi connectivity index (χ0n) is 12.6. The molecule has 7 nitrogen and oxygen atoms in total. The molecule has 2 heterocycles.